The fraction of sp³-hybridized carbons (Fsp3) is 0.857. The van der Waals surface area contributed by atoms with E-state index in [9.17, 15) is 9.59 Å². The van der Waals surface area contributed by atoms with Crippen LogP contribution in [0.1, 0.15) is 32.6 Å². The van der Waals surface area contributed by atoms with Gasteiger partial charge in [0.15, 0.2) is 0 Å². The number of hydrogen-bond acceptors (Lipinski definition) is 3. The Morgan fingerprint density at radius 3 is 2.50 bits per heavy atom. The molecule has 2 fully saturated rings. The van der Waals surface area contributed by atoms with Crippen LogP contribution in [0.3, 0.4) is 0 Å². The number of likely N-dealkylation sites (tertiary alicyclic amines) is 2. The average molecular weight is 283 g/mol. The molecule has 0 aromatic heterocycles. The second-order valence-corrected chi connectivity index (χ2v) is 6.00. The van der Waals surface area contributed by atoms with Gasteiger partial charge in [-0.3, -0.25) is 9.69 Å². The summed E-state index contributed by atoms with van der Waals surface area (Å²) in [4.78, 5) is 26.6. The third kappa shape index (κ3) is 4.10. The maximum Gasteiger partial charge on any atom is 0.317 e. The maximum atomic E-state index is 11.9. The molecule has 0 radical (unpaired) electrons. The molecular weight excluding hydrogens is 258 g/mol. The highest BCUT2D eigenvalue weighted by Gasteiger charge is 2.32. The first kappa shape index (κ1) is 15.1. The Bertz CT molecular complexity index is 350. The first-order valence-electron chi connectivity index (χ1n) is 7.55. The van der Waals surface area contributed by atoms with Crippen LogP contribution >= 0.6 is 0 Å². The first-order valence-corrected chi connectivity index (χ1v) is 7.55. The molecule has 2 amide bonds. The summed E-state index contributed by atoms with van der Waals surface area (Å²) in [5.74, 6) is -0.661. The van der Waals surface area contributed by atoms with E-state index in [1.165, 1.54) is 19.3 Å². The number of urea groups is 1. The van der Waals surface area contributed by atoms with Crippen LogP contribution < -0.4 is 5.32 Å². The molecule has 20 heavy (non-hydrogen) atoms. The summed E-state index contributed by atoms with van der Waals surface area (Å²) >= 11 is 0. The molecule has 1 atom stereocenters. The van der Waals surface area contributed by atoms with Crippen LogP contribution in [-0.2, 0) is 4.79 Å². The third-order valence-electron chi connectivity index (χ3n) is 4.27. The lowest BCUT2D eigenvalue weighted by Crippen LogP contribution is -2.56. The number of hydrogen-bond donors (Lipinski definition) is 2. The highest BCUT2D eigenvalue weighted by atomic mass is 16.4. The van der Waals surface area contributed by atoms with E-state index in [4.69, 9.17) is 5.11 Å². The first-order chi connectivity index (χ1) is 9.56. The highest BCUT2D eigenvalue weighted by Crippen LogP contribution is 2.19. The van der Waals surface area contributed by atoms with Crippen molar-refractivity contribution in [2.45, 2.75) is 38.6 Å². The van der Waals surface area contributed by atoms with Crippen molar-refractivity contribution in [3.63, 3.8) is 0 Å². The summed E-state index contributed by atoms with van der Waals surface area (Å²) in [7, 11) is 0. The van der Waals surface area contributed by atoms with Crippen LogP contribution in [0.4, 0.5) is 4.79 Å². The summed E-state index contributed by atoms with van der Waals surface area (Å²) in [6.45, 7) is 6.20. The van der Waals surface area contributed by atoms with Gasteiger partial charge in [0.2, 0.25) is 0 Å². The summed E-state index contributed by atoms with van der Waals surface area (Å²) < 4.78 is 0. The minimum absolute atomic E-state index is 0.0597. The molecule has 2 aliphatic heterocycles. The fourth-order valence-electron chi connectivity index (χ4n) is 2.95. The largest absolute Gasteiger partial charge is 0.481 e. The highest BCUT2D eigenvalue weighted by molar-refractivity contribution is 5.75. The van der Waals surface area contributed by atoms with Gasteiger partial charge in [-0.2, -0.15) is 0 Å². The molecule has 114 valence electrons. The van der Waals surface area contributed by atoms with Gasteiger partial charge in [0.05, 0.1) is 6.42 Å². The Hall–Kier alpha value is -1.30. The molecule has 6 heteroatoms. The Morgan fingerprint density at radius 1 is 1.25 bits per heavy atom. The van der Waals surface area contributed by atoms with Crippen molar-refractivity contribution < 1.29 is 14.7 Å². The van der Waals surface area contributed by atoms with E-state index in [1.54, 1.807) is 4.90 Å². The van der Waals surface area contributed by atoms with Crippen molar-refractivity contribution in [1.82, 2.24) is 15.1 Å². The summed E-state index contributed by atoms with van der Waals surface area (Å²) in [6, 6.07) is 0.311. The van der Waals surface area contributed by atoms with Crippen molar-refractivity contribution >= 4 is 12.0 Å². The van der Waals surface area contributed by atoms with E-state index in [0.29, 0.717) is 25.7 Å². The van der Waals surface area contributed by atoms with E-state index in [2.05, 4.69) is 17.1 Å². The lowest BCUT2D eigenvalue weighted by Gasteiger charge is -2.39. The van der Waals surface area contributed by atoms with E-state index < -0.39 is 5.97 Å². The van der Waals surface area contributed by atoms with Gasteiger partial charge < -0.3 is 15.3 Å². The molecule has 0 aromatic rings. The normalized spacial score (nSPS) is 22.1. The van der Waals surface area contributed by atoms with Gasteiger partial charge in [0.25, 0.3) is 0 Å². The summed E-state index contributed by atoms with van der Waals surface area (Å²) in [6.07, 6.45) is 3.98. The van der Waals surface area contributed by atoms with Gasteiger partial charge in [-0.25, -0.2) is 4.79 Å². The number of carbonyl (C=O) groups is 2. The van der Waals surface area contributed by atoms with Crippen LogP contribution in [-0.4, -0.2) is 65.7 Å². The number of carboxylic acids is 1. The molecule has 0 aromatic carbocycles. The summed E-state index contributed by atoms with van der Waals surface area (Å²) in [5, 5.41) is 11.6. The Morgan fingerprint density at radius 2 is 1.90 bits per heavy atom. The molecule has 1 unspecified atom stereocenters. The minimum Gasteiger partial charge on any atom is -0.481 e. The molecule has 2 rings (SSSR count). The minimum atomic E-state index is -0.784. The monoisotopic (exact) mass is 283 g/mol. The van der Waals surface area contributed by atoms with Gasteiger partial charge in [-0.1, -0.05) is 6.42 Å². The van der Waals surface area contributed by atoms with Crippen molar-refractivity contribution in [3.8, 4) is 0 Å². The predicted octanol–water partition coefficient (Wildman–Crippen LogP) is 0.977. The molecule has 0 bridgehead atoms. The number of carbonyl (C=O) groups excluding carboxylic acids is 1. The molecule has 0 spiro atoms. The van der Waals surface area contributed by atoms with E-state index in [0.717, 1.165) is 13.1 Å². The predicted molar refractivity (Wildman–Crippen MR) is 75.6 cm³/mol. The summed E-state index contributed by atoms with van der Waals surface area (Å²) in [5.41, 5.74) is 0. The molecule has 0 saturated carbocycles. The Labute approximate surface area is 120 Å². The molecular formula is C14H25N3O3. The number of amides is 2. The van der Waals surface area contributed by atoms with Gasteiger partial charge >= 0.3 is 12.0 Å². The van der Waals surface area contributed by atoms with Gasteiger partial charge in [0.1, 0.15) is 0 Å². The van der Waals surface area contributed by atoms with Crippen molar-refractivity contribution in [1.29, 1.82) is 0 Å². The maximum absolute atomic E-state index is 11.9. The van der Waals surface area contributed by atoms with E-state index in [1.807, 2.05) is 0 Å². The van der Waals surface area contributed by atoms with Crippen molar-refractivity contribution in [3.05, 3.63) is 0 Å². The molecule has 0 aliphatic carbocycles. The SMILES string of the molecule is CC(CNC(=O)N1CC(CC(=O)O)C1)N1CCCCC1. The van der Waals surface area contributed by atoms with Gasteiger partial charge in [-0.05, 0) is 32.9 Å². The third-order valence-corrected chi connectivity index (χ3v) is 4.27. The number of rotatable bonds is 5. The Balaban J connectivity index is 1.62. The van der Waals surface area contributed by atoms with Crippen molar-refractivity contribution in [2.24, 2.45) is 5.92 Å². The lowest BCUT2D eigenvalue weighted by atomic mass is 9.97. The van der Waals surface area contributed by atoms with Crippen molar-refractivity contribution in [2.75, 3.05) is 32.7 Å². The van der Waals surface area contributed by atoms with Crippen LogP contribution in [0, 0.1) is 5.92 Å². The molecule has 2 saturated heterocycles. The van der Waals surface area contributed by atoms with Gasteiger partial charge in [-0.15, -0.1) is 0 Å². The second kappa shape index (κ2) is 6.92. The van der Waals surface area contributed by atoms with Crippen LogP contribution in [0.2, 0.25) is 0 Å². The number of nitrogens with one attached hydrogen (secondary N) is 1. The van der Waals surface area contributed by atoms with Crippen LogP contribution in [0.5, 0.6) is 0 Å². The Kier molecular flexibility index (Phi) is 5.23. The zero-order valence-corrected chi connectivity index (χ0v) is 12.2. The molecule has 2 heterocycles. The smallest absolute Gasteiger partial charge is 0.317 e. The van der Waals surface area contributed by atoms with Gasteiger partial charge in [0, 0.05) is 31.6 Å². The molecule has 2 N–H and O–H groups in total. The zero-order valence-electron chi connectivity index (χ0n) is 12.2. The number of nitrogens with zero attached hydrogens (tertiary/aromatic N) is 2. The number of aliphatic carboxylic acids is 1. The quantitative estimate of drug-likeness (QED) is 0.789. The molecule has 2 aliphatic rings. The fourth-order valence-corrected chi connectivity index (χ4v) is 2.95. The number of carboxylic acid groups (broad SMARTS) is 1. The second-order valence-electron chi connectivity index (χ2n) is 6.00. The van der Waals surface area contributed by atoms with Crippen LogP contribution in [0.15, 0.2) is 0 Å². The number of piperidine rings is 1. The lowest BCUT2D eigenvalue weighted by molar-refractivity contribution is -0.139. The van der Waals surface area contributed by atoms with E-state index in [-0.39, 0.29) is 18.4 Å². The standard InChI is InChI=1S/C14H25N3O3/c1-11(16-5-3-2-4-6-16)8-15-14(20)17-9-12(10-17)7-13(18)19/h11-12H,2-10H2,1H3,(H,15,20)(H,18,19). The average Bonchev–Trinajstić information content (AvgIpc) is 2.40. The van der Waals surface area contributed by atoms with Crippen LogP contribution in [0.25, 0.3) is 0 Å². The topological polar surface area (TPSA) is 72.9 Å². The van der Waals surface area contributed by atoms with E-state index >= 15 is 0 Å². The zero-order chi connectivity index (χ0) is 14.5. The molecule has 6 nitrogen and oxygen atoms in total.